The van der Waals surface area contributed by atoms with Crippen LogP contribution < -0.4 is 10.5 Å². The van der Waals surface area contributed by atoms with E-state index in [1.165, 1.54) is 28.6 Å². The number of nitrogens with two attached hydrogens (primary N) is 1. The molecule has 1 heterocycles. The molecule has 1 saturated heterocycles. The Hall–Kier alpha value is -0.750. The summed E-state index contributed by atoms with van der Waals surface area (Å²) in [5, 5.41) is 0. The number of rotatable bonds is 7. The van der Waals surface area contributed by atoms with Crippen LogP contribution in [-0.4, -0.2) is 60.0 Å². The lowest BCUT2D eigenvalue weighted by atomic mass is 10.2. The van der Waals surface area contributed by atoms with Crippen molar-refractivity contribution in [2.45, 2.75) is 28.7 Å². The summed E-state index contributed by atoms with van der Waals surface area (Å²) in [5.41, 5.74) is 5.91. The van der Waals surface area contributed by atoms with Crippen LogP contribution in [0.5, 0.6) is 0 Å². The predicted molar refractivity (Wildman–Crippen MR) is 99.2 cm³/mol. The molecule has 2 aliphatic rings. The monoisotopic (exact) mass is 425 g/mol. The molecule has 1 aromatic rings. The van der Waals surface area contributed by atoms with E-state index in [0.717, 1.165) is 12.8 Å². The number of nitrogens with one attached hydrogen (secondary N) is 1. The Bertz CT molecular complexity index is 804. The molecule has 1 atom stereocenters. The molecule has 0 bridgehead atoms. The van der Waals surface area contributed by atoms with E-state index in [4.69, 9.17) is 10.5 Å². The van der Waals surface area contributed by atoms with Crippen LogP contribution in [0.25, 0.3) is 0 Å². The van der Waals surface area contributed by atoms with Crippen LogP contribution in [0.15, 0.2) is 34.1 Å². The van der Waals surface area contributed by atoms with Gasteiger partial charge in [0.05, 0.1) is 23.0 Å². The summed E-state index contributed by atoms with van der Waals surface area (Å²) in [6, 6.07) is 5.06. The van der Waals surface area contributed by atoms with Crippen molar-refractivity contribution in [2.75, 3.05) is 32.8 Å². The second-order valence-electron chi connectivity index (χ2n) is 6.34. The van der Waals surface area contributed by atoms with Crippen molar-refractivity contribution >= 4 is 32.5 Å². The first-order valence-electron chi connectivity index (χ1n) is 8.24. The second-order valence-corrected chi connectivity index (χ2v) is 10.0. The van der Waals surface area contributed by atoms with Crippen molar-refractivity contribution in [3.05, 3.63) is 24.3 Å². The SMILES string of the molecule is Cl.NC(CNS(=O)(=O)c1ccc(S(=O)(=O)N2CCOCC2)cc1)C1CC1. The van der Waals surface area contributed by atoms with Crippen molar-refractivity contribution in [1.82, 2.24) is 9.03 Å². The molecule has 1 unspecified atom stereocenters. The fourth-order valence-corrected chi connectivity index (χ4v) is 5.19. The Morgan fingerprint density at radius 1 is 1.08 bits per heavy atom. The van der Waals surface area contributed by atoms with Crippen molar-refractivity contribution in [3.63, 3.8) is 0 Å². The van der Waals surface area contributed by atoms with Gasteiger partial charge in [0, 0.05) is 25.7 Å². The summed E-state index contributed by atoms with van der Waals surface area (Å²) in [5.74, 6) is 0.392. The number of hydrogen-bond acceptors (Lipinski definition) is 6. The van der Waals surface area contributed by atoms with Gasteiger partial charge in [-0.1, -0.05) is 0 Å². The fourth-order valence-electron chi connectivity index (χ4n) is 2.71. The number of nitrogens with zero attached hydrogens (tertiary/aromatic N) is 1. The topological polar surface area (TPSA) is 119 Å². The zero-order valence-corrected chi connectivity index (χ0v) is 16.7. The Labute approximate surface area is 160 Å². The molecule has 0 radical (unpaired) electrons. The highest BCUT2D eigenvalue weighted by Gasteiger charge is 2.30. The van der Waals surface area contributed by atoms with Gasteiger partial charge in [-0.05, 0) is 43.0 Å². The maximum Gasteiger partial charge on any atom is 0.243 e. The molecule has 26 heavy (non-hydrogen) atoms. The molecule has 148 valence electrons. The molecule has 0 amide bonds. The van der Waals surface area contributed by atoms with Gasteiger partial charge in [0.1, 0.15) is 0 Å². The first-order chi connectivity index (χ1) is 11.8. The molecule has 2 fully saturated rings. The predicted octanol–water partition coefficient (Wildman–Crippen LogP) is 0.145. The molecule has 1 aliphatic heterocycles. The molecule has 0 spiro atoms. The summed E-state index contributed by atoms with van der Waals surface area (Å²) < 4.78 is 58.7. The van der Waals surface area contributed by atoms with E-state index in [-0.39, 0.29) is 34.8 Å². The van der Waals surface area contributed by atoms with Crippen molar-refractivity contribution in [3.8, 4) is 0 Å². The van der Waals surface area contributed by atoms with Crippen LogP contribution in [0, 0.1) is 5.92 Å². The molecule has 3 N–H and O–H groups in total. The van der Waals surface area contributed by atoms with Crippen LogP contribution in [0.3, 0.4) is 0 Å². The smallest absolute Gasteiger partial charge is 0.243 e. The van der Waals surface area contributed by atoms with Crippen molar-refractivity contribution < 1.29 is 21.6 Å². The van der Waals surface area contributed by atoms with Crippen LogP contribution >= 0.6 is 12.4 Å². The first-order valence-corrected chi connectivity index (χ1v) is 11.2. The molecule has 1 aromatic carbocycles. The average Bonchev–Trinajstić information content (AvgIpc) is 3.46. The third-order valence-corrected chi connectivity index (χ3v) is 7.83. The minimum absolute atomic E-state index is 0. The number of sulfonamides is 2. The molecule has 3 rings (SSSR count). The third-order valence-electron chi connectivity index (χ3n) is 4.48. The fraction of sp³-hybridized carbons (Fsp3) is 0.600. The first kappa shape index (κ1) is 21.5. The highest BCUT2D eigenvalue weighted by atomic mass is 35.5. The van der Waals surface area contributed by atoms with E-state index in [1.807, 2.05) is 0 Å². The van der Waals surface area contributed by atoms with Gasteiger partial charge in [0.15, 0.2) is 0 Å². The summed E-state index contributed by atoms with van der Waals surface area (Å²) in [6.45, 7) is 1.49. The van der Waals surface area contributed by atoms with E-state index < -0.39 is 20.0 Å². The van der Waals surface area contributed by atoms with Crippen LogP contribution in [-0.2, 0) is 24.8 Å². The molecule has 0 aromatic heterocycles. The standard InChI is InChI=1S/C15H23N3O5S2.ClH/c16-15(12-1-2-12)11-17-24(19,20)13-3-5-14(6-4-13)25(21,22)18-7-9-23-10-8-18;/h3-6,12,15,17H,1-2,7-11,16H2;1H. The lowest BCUT2D eigenvalue weighted by Crippen LogP contribution is -2.40. The maximum atomic E-state index is 12.5. The van der Waals surface area contributed by atoms with Gasteiger partial charge >= 0.3 is 0 Å². The zero-order valence-electron chi connectivity index (χ0n) is 14.2. The third kappa shape index (κ3) is 4.94. The van der Waals surface area contributed by atoms with Gasteiger partial charge in [0.25, 0.3) is 0 Å². The van der Waals surface area contributed by atoms with Crippen LogP contribution in [0.4, 0.5) is 0 Å². The Morgan fingerprint density at radius 3 is 2.15 bits per heavy atom. The Morgan fingerprint density at radius 2 is 1.62 bits per heavy atom. The maximum absolute atomic E-state index is 12.5. The number of morpholine rings is 1. The number of halogens is 1. The summed E-state index contributed by atoms with van der Waals surface area (Å²) in [7, 11) is -7.34. The lowest BCUT2D eigenvalue weighted by molar-refractivity contribution is 0.0730. The zero-order chi connectivity index (χ0) is 18.1. The van der Waals surface area contributed by atoms with E-state index in [0.29, 0.717) is 32.2 Å². The highest BCUT2D eigenvalue weighted by molar-refractivity contribution is 7.89. The van der Waals surface area contributed by atoms with Gasteiger partial charge in [-0.2, -0.15) is 4.31 Å². The molecular formula is C15H24ClN3O5S2. The minimum atomic E-state index is -3.71. The highest BCUT2D eigenvalue weighted by Crippen LogP contribution is 2.31. The van der Waals surface area contributed by atoms with E-state index in [9.17, 15) is 16.8 Å². The summed E-state index contributed by atoms with van der Waals surface area (Å²) in [4.78, 5) is 0.0967. The van der Waals surface area contributed by atoms with Gasteiger partial charge < -0.3 is 10.5 Å². The molecule has 1 saturated carbocycles. The van der Waals surface area contributed by atoms with E-state index >= 15 is 0 Å². The quantitative estimate of drug-likeness (QED) is 0.641. The van der Waals surface area contributed by atoms with Crippen LogP contribution in [0.2, 0.25) is 0 Å². The van der Waals surface area contributed by atoms with Crippen LogP contribution in [0.1, 0.15) is 12.8 Å². The summed E-state index contributed by atoms with van der Waals surface area (Å²) in [6.07, 6.45) is 2.08. The molecule has 8 nitrogen and oxygen atoms in total. The normalized spacial score (nSPS) is 20.3. The van der Waals surface area contributed by atoms with Gasteiger partial charge in [0.2, 0.25) is 20.0 Å². The van der Waals surface area contributed by atoms with E-state index in [2.05, 4.69) is 4.72 Å². The number of ether oxygens (including phenoxy) is 1. The van der Waals surface area contributed by atoms with Gasteiger partial charge in [-0.25, -0.2) is 21.6 Å². The second kappa shape index (κ2) is 8.51. The Kier molecular flexibility index (Phi) is 7.05. The van der Waals surface area contributed by atoms with E-state index in [1.54, 1.807) is 0 Å². The number of benzene rings is 1. The molecule has 1 aliphatic carbocycles. The van der Waals surface area contributed by atoms with Crippen molar-refractivity contribution in [2.24, 2.45) is 11.7 Å². The largest absolute Gasteiger partial charge is 0.379 e. The average molecular weight is 426 g/mol. The lowest BCUT2D eigenvalue weighted by Gasteiger charge is -2.26. The number of hydrogen-bond donors (Lipinski definition) is 2. The van der Waals surface area contributed by atoms with Gasteiger partial charge in [-0.3, -0.25) is 0 Å². The Balaban J connectivity index is 0.00000243. The molecular weight excluding hydrogens is 402 g/mol. The van der Waals surface area contributed by atoms with Gasteiger partial charge in [-0.15, -0.1) is 12.4 Å². The van der Waals surface area contributed by atoms with Crippen molar-refractivity contribution in [1.29, 1.82) is 0 Å². The minimum Gasteiger partial charge on any atom is -0.379 e. The summed E-state index contributed by atoms with van der Waals surface area (Å²) >= 11 is 0. The molecule has 11 heteroatoms.